The van der Waals surface area contributed by atoms with Crippen molar-refractivity contribution in [2.24, 2.45) is 5.92 Å². The number of aliphatic carboxylic acids is 1. The lowest BCUT2D eigenvalue weighted by Gasteiger charge is -2.34. The van der Waals surface area contributed by atoms with Crippen LogP contribution in [0.1, 0.15) is 33.1 Å². The third-order valence-electron chi connectivity index (χ3n) is 5.54. The Morgan fingerprint density at radius 1 is 1.21 bits per heavy atom. The fourth-order valence-electron chi connectivity index (χ4n) is 4.15. The molecule has 2 rings (SSSR count). The zero-order valence-corrected chi connectivity index (χ0v) is 17.7. The molecule has 2 unspecified atom stereocenters. The normalized spacial score (nSPS) is 25.0. The molecule has 2 saturated heterocycles. The van der Waals surface area contributed by atoms with Crippen molar-refractivity contribution >= 4 is 11.9 Å². The van der Waals surface area contributed by atoms with Gasteiger partial charge in [-0.3, -0.25) is 24.3 Å². The number of hydrogen-bond donors (Lipinski definition) is 2. The smallest absolute Gasteiger partial charge is 0.317 e. The van der Waals surface area contributed by atoms with E-state index in [9.17, 15) is 9.59 Å². The van der Waals surface area contributed by atoms with E-state index in [2.05, 4.69) is 29.0 Å². The molecule has 0 saturated carbocycles. The van der Waals surface area contributed by atoms with Crippen LogP contribution in [0.5, 0.6) is 0 Å². The molecule has 2 aliphatic heterocycles. The molecule has 28 heavy (non-hydrogen) atoms. The summed E-state index contributed by atoms with van der Waals surface area (Å²) < 4.78 is 5.80. The second-order valence-electron chi connectivity index (χ2n) is 8.62. The fourth-order valence-corrected chi connectivity index (χ4v) is 4.15. The summed E-state index contributed by atoms with van der Waals surface area (Å²) in [5, 5.41) is 12.0. The van der Waals surface area contributed by atoms with Gasteiger partial charge in [0, 0.05) is 38.8 Å². The molecule has 2 atom stereocenters. The molecular formula is C20H38N4O4. The molecule has 8 nitrogen and oxygen atoms in total. The lowest BCUT2D eigenvalue weighted by molar-refractivity contribution is -0.138. The maximum absolute atomic E-state index is 12.4. The minimum Gasteiger partial charge on any atom is -0.480 e. The van der Waals surface area contributed by atoms with Crippen LogP contribution in [0.25, 0.3) is 0 Å². The molecule has 2 fully saturated rings. The first-order chi connectivity index (χ1) is 13.3. The Balaban J connectivity index is 1.68. The number of nitrogens with one attached hydrogen (secondary N) is 1. The Morgan fingerprint density at radius 3 is 2.71 bits per heavy atom. The highest BCUT2D eigenvalue weighted by Gasteiger charge is 2.24. The summed E-state index contributed by atoms with van der Waals surface area (Å²) in [5.74, 6) is -0.114. The predicted molar refractivity (Wildman–Crippen MR) is 108 cm³/mol. The third kappa shape index (κ3) is 8.43. The van der Waals surface area contributed by atoms with E-state index in [0.29, 0.717) is 19.0 Å². The number of hydrogen-bond acceptors (Lipinski definition) is 6. The molecule has 0 aromatic rings. The number of nitrogens with zero attached hydrogens (tertiary/aromatic N) is 3. The zero-order chi connectivity index (χ0) is 20.5. The van der Waals surface area contributed by atoms with Crippen molar-refractivity contribution in [2.75, 3.05) is 66.0 Å². The largest absolute Gasteiger partial charge is 0.480 e. The quantitative estimate of drug-likeness (QED) is 0.579. The Labute approximate surface area is 169 Å². The Morgan fingerprint density at radius 2 is 2.00 bits per heavy atom. The molecule has 0 aliphatic carbocycles. The van der Waals surface area contributed by atoms with Crippen molar-refractivity contribution in [1.29, 1.82) is 0 Å². The average Bonchev–Trinajstić information content (AvgIpc) is 2.85. The summed E-state index contributed by atoms with van der Waals surface area (Å²) in [6, 6.07) is 0.270. The summed E-state index contributed by atoms with van der Waals surface area (Å²) in [6.45, 7) is 10.8. The van der Waals surface area contributed by atoms with Gasteiger partial charge in [-0.15, -0.1) is 0 Å². The van der Waals surface area contributed by atoms with Gasteiger partial charge in [0.1, 0.15) is 0 Å². The first-order valence-corrected chi connectivity index (χ1v) is 10.6. The average molecular weight is 399 g/mol. The number of carboxylic acids is 1. The van der Waals surface area contributed by atoms with Crippen LogP contribution < -0.4 is 5.32 Å². The summed E-state index contributed by atoms with van der Waals surface area (Å²) in [6.07, 6.45) is 2.92. The van der Waals surface area contributed by atoms with Gasteiger partial charge < -0.3 is 15.2 Å². The second kappa shape index (κ2) is 11.7. The van der Waals surface area contributed by atoms with Gasteiger partial charge in [-0.2, -0.15) is 0 Å². The van der Waals surface area contributed by atoms with E-state index in [4.69, 9.17) is 9.84 Å². The minimum atomic E-state index is -0.792. The Hall–Kier alpha value is -1.22. The number of rotatable bonds is 9. The molecule has 2 aliphatic rings. The molecule has 162 valence electrons. The van der Waals surface area contributed by atoms with E-state index < -0.39 is 5.97 Å². The van der Waals surface area contributed by atoms with Gasteiger partial charge in [-0.25, -0.2) is 0 Å². The summed E-state index contributed by atoms with van der Waals surface area (Å²) >= 11 is 0. The highest BCUT2D eigenvalue weighted by Crippen LogP contribution is 2.15. The molecule has 0 bridgehead atoms. The Bertz CT molecular complexity index is 503. The number of likely N-dealkylation sites (tertiary alicyclic amines) is 1. The molecular weight excluding hydrogens is 360 g/mol. The van der Waals surface area contributed by atoms with Gasteiger partial charge in [-0.05, 0) is 38.8 Å². The number of carbonyl (C=O) groups excluding carboxylic acids is 1. The number of carbonyl (C=O) groups is 2. The SMILES string of the molecule is CC(C)CN1CCOC(CNC(=O)CN2CCCC(N(C)CC(=O)O)CC2)C1. The lowest BCUT2D eigenvalue weighted by Crippen LogP contribution is -2.49. The van der Waals surface area contributed by atoms with Crippen molar-refractivity contribution in [3.05, 3.63) is 0 Å². The van der Waals surface area contributed by atoms with Crippen molar-refractivity contribution in [1.82, 2.24) is 20.0 Å². The summed E-state index contributed by atoms with van der Waals surface area (Å²) in [5.41, 5.74) is 0. The van der Waals surface area contributed by atoms with Gasteiger partial charge in [-0.1, -0.05) is 13.8 Å². The maximum atomic E-state index is 12.4. The van der Waals surface area contributed by atoms with Crippen molar-refractivity contribution in [3.8, 4) is 0 Å². The maximum Gasteiger partial charge on any atom is 0.317 e. The molecule has 0 radical (unpaired) electrons. The molecule has 0 aromatic carbocycles. The molecule has 0 spiro atoms. The van der Waals surface area contributed by atoms with Crippen LogP contribution in [0.4, 0.5) is 0 Å². The Kier molecular flexibility index (Phi) is 9.64. The molecule has 2 heterocycles. The number of likely N-dealkylation sites (N-methyl/N-ethyl adjacent to an activating group) is 1. The van der Waals surface area contributed by atoms with E-state index in [0.717, 1.165) is 58.6 Å². The van der Waals surface area contributed by atoms with Crippen molar-refractivity contribution in [2.45, 2.75) is 45.3 Å². The number of morpholine rings is 1. The van der Waals surface area contributed by atoms with Gasteiger partial charge in [0.25, 0.3) is 0 Å². The monoisotopic (exact) mass is 398 g/mol. The molecule has 1 amide bonds. The van der Waals surface area contributed by atoms with E-state index in [1.54, 1.807) is 0 Å². The summed E-state index contributed by atoms with van der Waals surface area (Å²) in [4.78, 5) is 29.8. The molecule has 2 N–H and O–H groups in total. The first kappa shape index (κ1) is 23.1. The molecule has 8 heteroatoms. The minimum absolute atomic E-state index is 0.0434. The van der Waals surface area contributed by atoms with Crippen molar-refractivity contribution in [3.63, 3.8) is 0 Å². The van der Waals surface area contributed by atoms with Gasteiger partial charge in [0.2, 0.25) is 5.91 Å². The zero-order valence-electron chi connectivity index (χ0n) is 17.7. The predicted octanol–water partition coefficient (Wildman–Crippen LogP) is 0.330. The van der Waals surface area contributed by atoms with E-state index in [1.165, 1.54) is 0 Å². The van der Waals surface area contributed by atoms with Crippen LogP contribution in [0.2, 0.25) is 0 Å². The van der Waals surface area contributed by atoms with Crippen LogP contribution in [-0.2, 0) is 14.3 Å². The van der Waals surface area contributed by atoms with Crippen LogP contribution in [-0.4, -0.2) is 110 Å². The molecule has 0 aromatic heterocycles. The topological polar surface area (TPSA) is 85.4 Å². The van der Waals surface area contributed by atoms with Crippen LogP contribution >= 0.6 is 0 Å². The number of amides is 1. The van der Waals surface area contributed by atoms with Crippen LogP contribution in [0, 0.1) is 5.92 Å². The lowest BCUT2D eigenvalue weighted by atomic mass is 10.1. The van der Waals surface area contributed by atoms with Gasteiger partial charge in [0.15, 0.2) is 0 Å². The fraction of sp³-hybridized carbons (Fsp3) is 0.900. The van der Waals surface area contributed by atoms with Gasteiger partial charge in [0.05, 0.1) is 25.8 Å². The van der Waals surface area contributed by atoms with Crippen molar-refractivity contribution < 1.29 is 19.4 Å². The number of ether oxygens (including phenoxy) is 1. The van der Waals surface area contributed by atoms with Gasteiger partial charge >= 0.3 is 5.97 Å². The highest BCUT2D eigenvalue weighted by atomic mass is 16.5. The van der Waals surface area contributed by atoms with E-state index in [1.807, 2.05) is 11.9 Å². The summed E-state index contributed by atoms with van der Waals surface area (Å²) in [7, 11) is 1.87. The van der Waals surface area contributed by atoms with Crippen LogP contribution in [0.15, 0.2) is 0 Å². The van der Waals surface area contributed by atoms with Crippen LogP contribution in [0.3, 0.4) is 0 Å². The van der Waals surface area contributed by atoms with E-state index in [-0.39, 0.29) is 24.6 Å². The highest BCUT2D eigenvalue weighted by molar-refractivity contribution is 5.78. The third-order valence-corrected chi connectivity index (χ3v) is 5.54. The standard InChI is InChI=1S/C20H38N4O4/c1-16(2)12-24-9-10-28-18(13-24)11-21-19(25)14-23-7-4-5-17(6-8-23)22(3)15-20(26)27/h16-18H,4-15H2,1-3H3,(H,21,25)(H,26,27). The number of carboxylic acid groups (broad SMARTS) is 1. The second-order valence-corrected chi connectivity index (χ2v) is 8.62. The van der Waals surface area contributed by atoms with E-state index >= 15 is 0 Å². The first-order valence-electron chi connectivity index (χ1n) is 10.6.